The Morgan fingerprint density at radius 1 is 0.227 bits per heavy atom. The zero-order chi connectivity index (χ0) is 49.4. The van der Waals surface area contributed by atoms with Gasteiger partial charge in [-0.15, -0.1) is 0 Å². The lowest BCUT2D eigenvalue weighted by molar-refractivity contribution is 0.661. The smallest absolute Gasteiger partial charge is 0.0619 e. The van der Waals surface area contributed by atoms with E-state index in [2.05, 4.69) is 246 Å². The zero-order valence-electron chi connectivity index (χ0n) is 42.3. The third kappa shape index (κ3) is 4.78. The van der Waals surface area contributed by atoms with E-state index in [0.29, 0.717) is 0 Å². The van der Waals surface area contributed by atoms with E-state index >= 15 is 0 Å². The number of rotatable bonds is 2. The Morgan fingerprint density at radius 3 is 1.05 bits per heavy atom. The molecule has 14 aromatic rings. The van der Waals surface area contributed by atoms with Crippen LogP contribution >= 0.6 is 0 Å². The third-order valence-electron chi connectivity index (χ3n) is 19.3. The molecule has 0 aliphatic heterocycles. The van der Waals surface area contributed by atoms with Crippen molar-refractivity contribution in [1.82, 2.24) is 0 Å². The fourth-order valence-electron chi connectivity index (χ4n) is 15.9. The van der Waals surface area contributed by atoms with Crippen molar-refractivity contribution in [3.8, 4) is 66.8 Å². The van der Waals surface area contributed by atoms with Crippen LogP contribution in [-0.2, 0) is 16.2 Å². The van der Waals surface area contributed by atoms with Crippen LogP contribution in [0.5, 0.6) is 0 Å². The highest BCUT2D eigenvalue weighted by Crippen LogP contribution is 2.64. The van der Waals surface area contributed by atoms with E-state index in [1.165, 1.54) is 176 Å². The fourth-order valence-corrected chi connectivity index (χ4v) is 15.9. The monoisotopic (exact) mass is 948 g/mol. The molecule has 14 aromatic carbocycles. The molecule has 0 N–H and O–H groups in total. The molecule has 0 radical (unpaired) electrons. The molecule has 0 unspecified atom stereocenters. The van der Waals surface area contributed by atoms with Gasteiger partial charge in [0.2, 0.25) is 0 Å². The van der Waals surface area contributed by atoms with Gasteiger partial charge in [-0.3, -0.25) is 0 Å². The summed E-state index contributed by atoms with van der Waals surface area (Å²) in [6.07, 6.45) is 0. The molecule has 0 aromatic heterocycles. The molecular weight excluding hydrogens is 901 g/mol. The van der Waals surface area contributed by atoms with Gasteiger partial charge < -0.3 is 0 Å². The second-order valence-corrected chi connectivity index (χ2v) is 23.4. The summed E-state index contributed by atoms with van der Waals surface area (Å²) in [7, 11) is 0. The van der Waals surface area contributed by atoms with E-state index in [-0.39, 0.29) is 10.8 Å². The van der Waals surface area contributed by atoms with Crippen LogP contribution in [0.4, 0.5) is 0 Å². The molecule has 0 saturated heterocycles. The molecule has 0 heterocycles. The first-order valence-corrected chi connectivity index (χ1v) is 26.9. The summed E-state index contributed by atoms with van der Waals surface area (Å²) in [6, 6.07) is 85.0. The first-order valence-electron chi connectivity index (χ1n) is 26.9. The number of benzene rings is 14. The Balaban J connectivity index is 0.819. The van der Waals surface area contributed by atoms with Crippen LogP contribution in [0.25, 0.3) is 131 Å². The highest BCUT2D eigenvalue weighted by molar-refractivity contribution is 6.28. The van der Waals surface area contributed by atoms with Crippen LogP contribution in [-0.4, -0.2) is 0 Å². The standard InChI is InChI=1S/C75H48/c1-73(2)63-37-47(25-29-53(63)71-55-31-23-43-13-9-11-41-19-21-49(39-65(71)73)69(55)67(41)43)45-27-33-61-57(35-45)58-36-46(28-34-62(58)75(61)59-17-7-5-15-51(59)52-16-6-8-18-60(52)75)48-26-30-54-64(38-48)74(3,4)66-40-50-22-20-42-12-10-14-44-24-32-56(72(54)66)70(50)68(42)44/h5-40H,1-4H3. The van der Waals surface area contributed by atoms with Crippen LogP contribution in [0.1, 0.15) is 72.2 Å². The highest BCUT2D eigenvalue weighted by atomic mass is 14.5. The maximum Gasteiger partial charge on any atom is 0.0725 e. The SMILES string of the molecule is CC1(C)c2cc(-c3ccc4c(c3)-c3cc(-c5ccc6c(c5)C(C)(C)c5cc7ccc8cccc9ccc(c5-6)c7c89)ccc3C43c4ccccc4-c4ccccc43)ccc2-c2c1cc1ccc3cccc4ccc2c1c34. The molecule has 18 rings (SSSR count). The van der Waals surface area contributed by atoms with Crippen molar-refractivity contribution in [3.05, 3.63) is 263 Å². The summed E-state index contributed by atoms with van der Waals surface area (Å²) < 4.78 is 0. The van der Waals surface area contributed by atoms with Gasteiger partial charge in [0.25, 0.3) is 0 Å². The summed E-state index contributed by atoms with van der Waals surface area (Å²) in [6.45, 7) is 9.73. The van der Waals surface area contributed by atoms with Gasteiger partial charge in [0, 0.05) is 10.8 Å². The van der Waals surface area contributed by atoms with E-state index in [1.54, 1.807) is 0 Å². The van der Waals surface area contributed by atoms with Crippen molar-refractivity contribution in [3.63, 3.8) is 0 Å². The molecule has 0 amide bonds. The molecule has 1 spiro atoms. The molecule has 75 heavy (non-hydrogen) atoms. The second kappa shape index (κ2) is 13.5. The van der Waals surface area contributed by atoms with Gasteiger partial charge >= 0.3 is 0 Å². The average molecular weight is 949 g/mol. The topological polar surface area (TPSA) is 0 Å². The Hall–Kier alpha value is -8.84. The predicted octanol–water partition coefficient (Wildman–Crippen LogP) is 19.8. The molecule has 4 aliphatic rings. The molecule has 4 aliphatic carbocycles. The summed E-state index contributed by atoms with van der Waals surface area (Å²) in [5, 5.41) is 16.2. The summed E-state index contributed by atoms with van der Waals surface area (Å²) in [4.78, 5) is 0. The minimum atomic E-state index is -0.431. The van der Waals surface area contributed by atoms with Crippen LogP contribution in [0.3, 0.4) is 0 Å². The molecule has 0 fully saturated rings. The number of hydrogen-bond acceptors (Lipinski definition) is 0. The lowest BCUT2D eigenvalue weighted by Crippen LogP contribution is -2.25. The molecule has 0 heteroatoms. The van der Waals surface area contributed by atoms with Gasteiger partial charge in [-0.05, 0) is 212 Å². The molecular formula is C75H48. The largest absolute Gasteiger partial charge is 0.0725 e. The molecule has 348 valence electrons. The third-order valence-corrected chi connectivity index (χ3v) is 19.3. The van der Waals surface area contributed by atoms with Crippen molar-refractivity contribution in [2.45, 2.75) is 43.9 Å². The fraction of sp³-hybridized carbons (Fsp3) is 0.0933. The first-order chi connectivity index (χ1) is 36.7. The van der Waals surface area contributed by atoms with E-state index < -0.39 is 5.41 Å². The van der Waals surface area contributed by atoms with Gasteiger partial charge in [0.15, 0.2) is 0 Å². The zero-order valence-corrected chi connectivity index (χ0v) is 42.3. The quantitative estimate of drug-likeness (QED) is 0.152. The van der Waals surface area contributed by atoms with Crippen LogP contribution < -0.4 is 0 Å². The lowest BCUT2D eigenvalue weighted by atomic mass is 9.70. The number of fused-ring (bicyclic) bond motifs is 18. The minimum Gasteiger partial charge on any atom is -0.0619 e. The van der Waals surface area contributed by atoms with Crippen molar-refractivity contribution in [1.29, 1.82) is 0 Å². The second-order valence-electron chi connectivity index (χ2n) is 23.4. The van der Waals surface area contributed by atoms with Gasteiger partial charge in [-0.1, -0.05) is 210 Å². The Kier molecular flexibility index (Phi) is 7.29. The van der Waals surface area contributed by atoms with Gasteiger partial charge in [-0.25, -0.2) is 0 Å². The van der Waals surface area contributed by atoms with Gasteiger partial charge in [0.1, 0.15) is 0 Å². The molecule has 0 nitrogen and oxygen atoms in total. The first kappa shape index (κ1) is 40.6. The summed E-state index contributed by atoms with van der Waals surface area (Å²) >= 11 is 0. The van der Waals surface area contributed by atoms with Gasteiger partial charge in [0.05, 0.1) is 5.41 Å². The van der Waals surface area contributed by atoms with Crippen LogP contribution in [0.15, 0.2) is 218 Å². The van der Waals surface area contributed by atoms with Crippen LogP contribution in [0.2, 0.25) is 0 Å². The van der Waals surface area contributed by atoms with Crippen molar-refractivity contribution >= 4 is 64.6 Å². The van der Waals surface area contributed by atoms with E-state index in [9.17, 15) is 0 Å². The molecule has 0 saturated carbocycles. The maximum atomic E-state index is 2.53. The Labute approximate surface area is 435 Å². The minimum absolute atomic E-state index is 0.171. The molecule has 0 atom stereocenters. The van der Waals surface area contributed by atoms with Crippen LogP contribution in [0, 0.1) is 0 Å². The Morgan fingerprint density at radius 2 is 0.600 bits per heavy atom. The summed E-state index contributed by atoms with van der Waals surface area (Å²) in [5.74, 6) is 0. The van der Waals surface area contributed by atoms with E-state index in [4.69, 9.17) is 0 Å². The van der Waals surface area contributed by atoms with E-state index in [0.717, 1.165) is 0 Å². The van der Waals surface area contributed by atoms with Gasteiger partial charge in [-0.2, -0.15) is 0 Å². The Bertz CT molecular complexity index is 4590. The average Bonchev–Trinajstić information content (AvgIpc) is 4.11. The van der Waals surface area contributed by atoms with Crippen molar-refractivity contribution < 1.29 is 0 Å². The predicted molar refractivity (Wildman–Crippen MR) is 316 cm³/mol. The number of hydrogen-bond donors (Lipinski definition) is 0. The van der Waals surface area contributed by atoms with Crippen molar-refractivity contribution in [2.24, 2.45) is 0 Å². The highest BCUT2D eigenvalue weighted by Gasteiger charge is 2.52. The normalized spacial score (nSPS) is 15.5. The summed E-state index contributed by atoms with van der Waals surface area (Å²) in [5.41, 5.74) is 26.2. The molecule has 0 bridgehead atoms. The van der Waals surface area contributed by atoms with E-state index in [1.807, 2.05) is 0 Å². The maximum absolute atomic E-state index is 2.53. The lowest BCUT2D eigenvalue weighted by Gasteiger charge is -2.30. The van der Waals surface area contributed by atoms with Crippen molar-refractivity contribution in [2.75, 3.05) is 0 Å².